The maximum atomic E-state index is 11.4. The van der Waals surface area contributed by atoms with Crippen molar-refractivity contribution in [3.05, 3.63) is 34.9 Å². The number of carbonyl (C=O) groups is 1. The van der Waals surface area contributed by atoms with Crippen LogP contribution in [0.25, 0.3) is 0 Å². The highest BCUT2D eigenvalue weighted by Crippen LogP contribution is 2.37. The van der Waals surface area contributed by atoms with Crippen LogP contribution in [0.1, 0.15) is 29.2 Å². The quantitative estimate of drug-likeness (QED) is 0.842. The zero-order valence-corrected chi connectivity index (χ0v) is 11.2. The lowest BCUT2D eigenvalue weighted by Gasteiger charge is -2.38. The fraction of sp³-hybridized carbons (Fsp3) is 0.533. The lowest BCUT2D eigenvalue weighted by Crippen LogP contribution is -2.55. The number of nitrogens with one attached hydrogen (secondary N) is 1. The highest BCUT2D eigenvalue weighted by atomic mass is 16.4. The number of aryl methyl sites for hydroxylation is 2. The minimum Gasteiger partial charge on any atom is -0.480 e. The molecule has 2 aliphatic rings. The van der Waals surface area contributed by atoms with Gasteiger partial charge in [-0.05, 0) is 30.9 Å². The molecule has 3 rings (SSSR count). The van der Waals surface area contributed by atoms with Crippen LogP contribution in [0.3, 0.4) is 0 Å². The van der Waals surface area contributed by atoms with Gasteiger partial charge < -0.3 is 10.4 Å². The van der Waals surface area contributed by atoms with Crippen molar-refractivity contribution in [2.75, 3.05) is 19.6 Å². The van der Waals surface area contributed by atoms with E-state index < -0.39 is 12.0 Å². The zero-order chi connectivity index (χ0) is 13.4. The summed E-state index contributed by atoms with van der Waals surface area (Å²) < 4.78 is 0. The van der Waals surface area contributed by atoms with Gasteiger partial charge in [-0.15, -0.1) is 0 Å². The van der Waals surface area contributed by atoms with Crippen LogP contribution in [0.4, 0.5) is 0 Å². The number of aliphatic carboxylic acids is 1. The van der Waals surface area contributed by atoms with Crippen molar-refractivity contribution in [3.63, 3.8) is 0 Å². The van der Waals surface area contributed by atoms with E-state index in [2.05, 4.69) is 35.3 Å². The summed E-state index contributed by atoms with van der Waals surface area (Å²) in [6, 6.07) is 6.45. The molecule has 2 atom stereocenters. The molecule has 1 aliphatic heterocycles. The van der Waals surface area contributed by atoms with Gasteiger partial charge in [-0.3, -0.25) is 9.69 Å². The molecule has 0 bridgehead atoms. The highest BCUT2D eigenvalue weighted by molar-refractivity contribution is 5.74. The summed E-state index contributed by atoms with van der Waals surface area (Å²) in [6.45, 7) is 4.34. The standard InChI is InChI=1S/C15H20N2O2/c1-10-2-3-11-4-5-13(12(11)8-10)17-7-6-16-9-14(17)15(18)19/h2-3,8,13-14,16H,4-7,9H2,1H3,(H,18,19). The van der Waals surface area contributed by atoms with Gasteiger partial charge in [0.2, 0.25) is 0 Å². The minimum atomic E-state index is -0.715. The number of rotatable bonds is 2. The summed E-state index contributed by atoms with van der Waals surface area (Å²) >= 11 is 0. The number of piperazine rings is 1. The van der Waals surface area contributed by atoms with E-state index in [0.29, 0.717) is 6.54 Å². The molecular formula is C15H20N2O2. The molecule has 1 saturated heterocycles. The number of carboxylic acid groups (broad SMARTS) is 1. The van der Waals surface area contributed by atoms with Gasteiger partial charge in [-0.2, -0.15) is 0 Å². The number of fused-ring (bicyclic) bond motifs is 1. The van der Waals surface area contributed by atoms with Gasteiger partial charge in [0.15, 0.2) is 0 Å². The number of hydrogen-bond acceptors (Lipinski definition) is 3. The third-order valence-corrected chi connectivity index (χ3v) is 4.32. The molecule has 0 spiro atoms. The second-order valence-electron chi connectivity index (χ2n) is 5.55. The first-order valence-corrected chi connectivity index (χ1v) is 6.95. The molecule has 2 unspecified atom stereocenters. The molecule has 2 N–H and O–H groups in total. The molecule has 1 aliphatic carbocycles. The third kappa shape index (κ3) is 2.26. The molecule has 1 aromatic carbocycles. The molecule has 1 fully saturated rings. The second kappa shape index (κ2) is 4.94. The van der Waals surface area contributed by atoms with E-state index in [-0.39, 0.29) is 6.04 Å². The Bertz CT molecular complexity index is 501. The Labute approximate surface area is 113 Å². The van der Waals surface area contributed by atoms with Gasteiger partial charge in [0.05, 0.1) is 0 Å². The minimum absolute atomic E-state index is 0.276. The molecule has 1 aromatic rings. The third-order valence-electron chi connectivity index (χ3n) is 4.32. The molecular weight excluding hydrogens is 240 g/mol. The Morgan fingerprint density at radius 1 is 1.47 bits per heavy atom. The molecule has 1 heterocycles. The first-order chi connectivity index (χ1) is 9.16. The van der Waals surface area contributed by atoms with Crippen LogP contribution in [0.5, 0.6) is 0 Å². The van der Waals surface area contributed by atoms with Gasteiger partial charge in [-0.1, -0.05) is 23.8 Å². The predicted octanol–water partition coefficient (Wildman–Crippen LogP) is 1.34. The molecule has 4 nitrogen and oxygen atoms in total. The van der Waals surface area contributed by atoms with Crippen LogP contribution in [-0.2, 0) is 11.2 Å². The SMILES string of the molecule is Cc1ccc2c(c1)C(N1CCNCC1C(=O)O)CC2. The van der Waals surface area contributed by atoms with Crippen molar-refractivity contribution >= 4 is 5.97 Å². The van der Waals surface area contributed by atoms with Gasteiger partial charge in [0, 0.05) is 25.7 Å². The average Bonchev–Trinajstić information content (AvgIpc) is 2.81. The van der Waals surface area contributed by atoms with E-state index in [4.69, 9.17) is 0 Å². The van der Waals surface area contributed by atoms with E-state index in [9.17, 15) is 9.90 Å². The Morgan fingerprint density at radius 2 is 2.32 bits per heavy atom. The van der Waals surface area contributed by atoms with Crippen LogP contribution < -0.4 is 5.32 Å². The van der Waals surface area contributed by atoms with Crippen molar-refractivity contribution in [1.29, 1.82) is 0 Å². The van der Waals surface area contributed by atoms with Crippen LogP contribution >= 0.6 is 0 Å². The summed E-state index contributed by atoms with van der Waals surface area (Å²) in [4.78, 5) is 13.6. The highest BCUT2D eigenvalue weighted by Gasteiger charge is 2.36. The van der Waals surface area contributed by atoms with Crippen molar-refractivity contribution in [2.24, 2.45) is 0 Å². The fourth-order valence-electron chi connectivity index (χ4n) is 3.37. The summed E-state index contributed by atoms with van der Waals surface area (Å²) in [5, 5.41) is 12.6. The molecule has 19 heavy (non-hydrogen) atoms. The number of nitrogens with zero attached hydrogens (tertiary/aromatic N) is 1. The number of benzene rings is 1. The Morgan fingerprint density at radius 3 is 3.11 bits per heavy atom. The molecule has 0 aromatic heterocycles. The van der Waals surface area contributed by atoms with Crippen molar-refractivity contribution in [2.45, 2.75) is 31.8 Å². The zero-order valence-electron chi connectivity index (χ0n) is 11.2. The van der Waals surface area contributed by atoms with Crippen LogP contribution in [0.15, 0.2) is 18.2 Å². The van der Waals surface area contributed by atoms with Crippen molar-refractivity contribution in [3.8, 4) is 0 Å². The summed E-state index contributed by atoms with van der Waals surface area (Å²) in [6.07, 6.45) is 2.11. The first kappa shape index (κ1) is 12.6. The van der Waals surface area contributed by atoms with Crippen LogP contribution in [0.2, 0.25) is 0 Å². The Balaban J connectivity index is 1.91. The summed E-state index contributed by atoms with van der Waals surface area (Å²) in [7, 11) is 0. The smallest absolute Gasteiger partial charge is 0.322 e. The molecule has 4 heteroatoms. The van der Waals surface area contributed by atoms with Crippen LogP contribution in [0, 0.1) is 6.92 Å². The van der Waals surface area contributed by atoms with Gasteiger partial charge >= 0.3 is 5.97 Å². The Hall–Kier alpha value is -1.39. The molecule has 102 valence electrons. The normalized spacial score (nSPS) is 27.2. The molecule has 0 amide bonds. The lowest BCUT2D eigenvalue weighted by molar-refractivity contribution is -0.145. The molecule has 0 saturated carbocycles. The summed E-state index contributed by atoms with van der Waals surface area (Å²) in [5.41, 5.74) is 3.99. The predicted molar refractivity (Wildman–Crippen MR) is 73.2 cm³/mol. The monoisotopic (exact) mass is 260 g/mol. The van der Waals surface area contributed by atoms with E-state index in [1.54, 1.807) is 0 Å². The largest absolute Gasteiger partial charge is 0.480 e. The Kier molecular flexibility index (Phi) is 3.29. The van der Waals surface area contributed by atoms with Gasteiger partial charge in [-0.25, -0.2) is 0 Å². The second-order valence-corrected chi connectivity index (χ2v) is 5.55. The van der Waals surface area contributed by atoms with Gasteiger partial charge in [0.1, 0.15) is 6.04 Å². The van der Waals surface area contributed by atoms with E-state index in [1.165, 1.54) is 16.7 Å². The maximum Gasteiger partial charge on any atom is 0.322 e. The first-order valence-electron chi connectivity index (χ1n) is 6.95. The number of carboxylic acids is 1. The average molecular weight is 260 g/mol. The summed E-state index contributed by atoms with van der Waals surface area (Å²) in [5.74, 6) is -0.715. The maximum absolute atomic E-state index is 11.4. The van der Waals surface area contributed by atoms with E-state index >= 15 is 0 Å². The van der Waals surface area contributed by atoms with Crippen LogP contribution in [-0.4, -0.2) is 41.7 Å². The van der Waals surface area contributed by atoms with E-state index in [1.807, 2.05) is 0 Å². The van der Waals surface area contributed by atoms with Gasteiger partial charge in [0.25, 0.3) is 0 Å². The lowest BCUT2D eigenvalue weighted by atomic mass is 10.0. The fourth-order valence-corrected chi connectivity index (χ4v) is 3.37. The van der Waals surface area contributed by atoms with E-state index in [0.717, 1.165) is 25.9 Å². The molecule has 0 radical (unpaired) electrons. The number of hydrogen-bond donors (Lipinski definition) is 2. The topological polar surface area (TPSA) is 52.6 Å². The van der Waals surface area contributed by atoms with Crippen molar-refractivity contribution in [1.82, 2.24) is 10.2 Å². The van der Waals surface area contributed by atoms with Crippen molar-refractivity contribution < 1.29 is 9.90 Å².